The number of unbranched alkanes of at least 4 members (excludes halogenated alkanes) is 9. The predicted octanol–water partition coefficient (Wildman–Crippen LogP) is 5.88. The number of hydrogen-bond donors (Lipinski definition) is 0. The summed E-state index contributed by atoms with van der Waals surface area (Å²) in [6, 6.07) is 0. The first kappa shape index (κ1) is 19.6. The van der Waals surface area contributed by atoms with E-state index in [0.717, 1.165) is 19.3 Å². The largest absolute Gasteiger partial charge is 0.290 e. The minimum absolute atomic E-state index is 0.0107. The van der Waals surface area contributed by atoms with Crippen molar-refractivity contribution < 1.29 is 9.59 Å². The van der Waals surface area contributed by atoms with Crippen molar-refractivity contribution in [1.82, 2.24) is 0 Å². The maximum atomic E-state index is 11.6. The molecule has 2 nitrogen and oxygen atoms in total. The standard InChI is InChI=1S/C21H32O2/c1-2-3-4-5-6-7-8-9-10-11-12-13-14-15-19-18-20(22)16-17-21(19)23/h5-6,16-18H,2-4,7-15H2,1H3. The van der Waals surface area contributed by atoms with Crippen molar-refractivity contribution in [3.05, 3.63) is 36.0 Å². The van der Waals surface area contributed by atoms with Crippen LogP contribution in [0, 0.1) is 0 Å². The van der Waals surface area contributed by atoms with Gasteiger partial charge in [0, 0.05) is 5.57 Å². The monoisotopic (exact) mass is 316 g/mol. The van der Waals surface area contributed by atoms with Gasteiger partial charge in [0.1, 0.15) is 0 Å². The molecule has 0 aromatic rings. The lowest BCUT2D eigenvalue weighted by Gasteiger charge is -2.06. The summed E-state index contributed by atoms with van der Waals surface area (Å²) in [5.41, 5.74) is 0.687. The van der Waals surface area contributed by atoms with Crippen LogP contribution in [0.3, 0.4) is 0 Å². The minimum atomic E-state index is -0.0525. The highest BCUT2D eigenvalue weighted by Crippen LogP contribution is 2.16. The molecular formula is C21H32O2. The molecule has 0 N–H and O–H groups in total. The number of rotatable bonds is 13. The number of ketones is 2. The second kappa shape index (κ2) is 13.0. The molecule has 0 amide bonds. The van der Waals surface area contributed by atoms with Gasteiger partial charge in [0.15, 0.2) is 11.6 Å². The van der Waals surface area contributed by atoms with Crippen molar-refractivity contribution in [2.24, 2.45) is 0 Å². The molecule has 0 atom stereocenters. The minimum Gasteiger partial charge on any atom is -0.290 e. The Balaban J connectivity index is 1.89. The molecule has 1 rings (SSSR count). The molecular weight excluding hydrogens is 284 g/mol. The molecule has 0 radical (unpaired) electrons. The Kier molecular flexibility index (Phi) is 11.1. The zero-order valence-corrected chi connectivity index (χ0v) is 14.7. The quantitative estimate of drug-likeness (QED) is 0.241. The van der Waals surface area contributed by atoms with Gasteiger partial charge in [-0.15, -0.1) is 0 Å². The van der Waals surface area contributed by atoms with Crippen LogP contribution in [0.15, 0.2) is 36.0 Å². The molecule has 0 aromatic carbocycles. The van der Waals surface area contributed by atoms with Crippen LogP contribution in [-0.4, -0.2) is 11.6 Å². The van der Waals surface area contributed by atoms with E-state index in [9.17, 15) is 9.59 Å². The SMILES string of the molecule is CCCCC=CCCCCCCCCCC1=CC(=O)C=CC1=O. The third-order valence-electron chi connectivity index (χ3n) is 4.24. The summed E-state index contributed by atoms with van der Waals surface area (Å²) in [6.45, 7) is 2.23. The summed E-state index contributed by atoms with van der Waals surface area (Å²) in [4.78, 5) is 22.8. The van der Waals surface area contributed by atoms with Gasteiger partial charge in [-0.3, -0.25) is 9.59 Å². The van der Waals surface area contributed by atoms with E-state index in [4.69, 9.17) is 0 Å². The van der Waals surface area contributed by atoms with Gasteiger partial charge in [0.2, 0.25) is 0 Å². The lowest BCUT2D eigenvalue weighted by molar-refractivity contribution is -0.114. The topological polar surface area (TPSA) is 34.1 Å². The Hall–Kier alpha value is -1.44. The second-order valence-electron chi connectivity index (χ2n) is 6.40. The summed E-state index contributed by atoms with van der Waals surface area (Å²) >= 11 is 0. The highest BCUT2D eigenvalue weighted by molar-refractivity contribution is 6.17. The van der Waals surface area contributed by atoms with Gasteiger partial charge in [-0.2, -0.15) is 0 Å². The molecule has 0 aliphatic heterocycles. The fraction of sp³-hybridized carbons (Fsp3) is 0.619. The molecule has 1 aliphatic rings. The van der Waals surface area contributed by atoms with Gasteiger partial charge in [-0.05, 0) is 50.3 Å². The van der Waals surface area contributed by atoms with Crippen LogP contribution in [0.4, 0.5) is 0 Å². The molecule has 0 unspecified atom stereocenters. The fourth-order valence-electron chi connectivity index (χ4n) is 2.77. The molecule has 0 saturated carbocycles. The van der Waals surface area contributed by atoms with Crippen molar-refractivity contribution >= 4 is 11.6 Å². The lowest BCUT2D eigenvalue weighted by atomic mass is 9.97. The van der Waals surface area contributed by atoms with E-state index in [1.165, 1.54) is 76.0 Å². The summed E-state index contributed by atoms with van der Waals surface area (Å²) in [7, 11) is 0. The zero-order valence-electron chi connectivity index (χ0n) is 14.7. The fourth-order valence-corrected chi connectivity index (χ4v) is 2.77. The third kappa shape index (κ3) is 10.0. The summed E-state index contributed by atoms with van der Waals surface area (Å²) in [5, 5.41) is 0. The van der Waals surface area contributed by atoms with Crippen molar-refractivity contribution in [1.29, 1.82) is 0 Å². The third-order valence-corrected chi connectivity index (χ3v) is 4.24. The van der Waals surface area contributed by atoms with Gasteiger partial charge in [-0.1, -0.05) is 64.0 Å². The van der Waals surface area contributed by atoms with E-state index in [1.54, 1.807) is 0 Å². The van der Waals surface area contributed by atoms with Gasteiger partial charge in [-0.25, -0.2) is 0 Å². The first-order valence-electron chi connectivity index (χ1n) is 9.36. The van der Waals surface area contributed by atoms with Crippen LogP contribution in [0.5, 0.6) is 0 Å². The van der Waals surface area contributed by atoms with Gasteiger partial charge in [0.25, 0.3) is 0 Å². The average molecular weight is 316 g/mol. The molecule has 1 aliphatic carbocycles. The van der Waals surface area contributed by atoms with Gasteiger partial charge >= 0.3 is 0 Å². The Labute approximate surface area is 141 Å². The van der Waals surface area contributed by atoms with Gasteiger partial charge in [0.05, 0.1) is 0 Å². The summed E-state index contributed by atoms with van der Waals surface area (Å²) < 4.78 is 0. The molecule has 2 heteroatoms. The van der Waals surface area contributed by atoms with Crippen molar-refractivity contribution in [2.75, 3.05) is 0 Å². The molecule has 0 bridgehead atoms. The Morgan fingerprint density at radius 3 is 2.09 bits per heavy atom. The second-order valence-corrected chi connectivity index (χ2v) is 6.40. The molecule has 0 aromatic heterocycles. The predicted molar refractivity (Wildman–Crippen MR) is 97.5 cm³/mol. The molecule has 0 spiro atoms. The van der Waals surface area contributed by atoms with E-state index >= 15 is 0 Å². The Bertz CT molecular complexity index is 441. The van der Waals surface area contributed by atoms with E-state index in [-0.39, 0.29) is 11.6 Å². The Morgan fingerprint density at radius 1 is 0.783 bits per heavy atom. The maximum Gasteiger partial charge on any atom is 0.182 e. The van der Waals surface area contributed by atoms with Crippen LogP contribution >= 0.6 is 0 Å². The van der Waals surface area contributed by atoms with Crippen molar-refractivity contribution in [2.45, 2.75) is 84.0 Å². The highest BCUT2D eigenvalue weighted by atomic mass is 16.1. The molecule has 0 heterocycles. The van der Waals surface area contributed by atoms with Crippen molar-refractivity contribution in [3.8, 4) is 0 Å². The smallest absolute Gasteiger partial charge is 0.182 e. The summed E-state index contributed by atoms with van der Waals surface area (Å²) in [6.07, 6.45) is 23.3. The Morgan fingerprint density at radius 2 is 1.39 bits per heavy atom. The molecule has 23 heavy (non-hydrogen) atoms. The summed E-state index contributed by atoms with van der Waals surface area (Å²) in [5.74, 6) is -0.0417. The normalized spacial score (nSPS) is 14.7. The van der Waals surface area contributed by atoms with Crippen LogP contribution in [0.1, 0.15) is 84.0 Å². The average Bonchev–Trinajstić information content (AvgIpc) is 2.55. The first-order chi connectivity index (χ1) is 11.2. The van der Waals surface area contributed by atoms with E-state index in [0.29, 0.717) is 5.57 Å². The van der Waals surface area contributed by atoms with Crippen LogP contribution < -0.4 is 0 Å². The number of carbonyl (C=O) groups is 2. The van der Waals surface area contributed by atoms with Gasteiger partial charge < -0.3 is 0 Å². The van der Waals surface area contributed by atoms with E-state index < -0.39 is 0 Å². The number of allylic oxidation sites excluding steroid dienone is 6. The maximum absolute atomic E-state index is 11.6. The van der Waals surface area contributed by atoms with E-state index in [2.05, 4.69) is 19.1 Å². The number of hydrogen-bond acceptors (Lipinski definition) is 2. The van der Waals surface area contributed by atoms with E-state index in [1.807, 2.05) is 0 Å². The van der Waals surface area contributed by atoms with Crippen LogP contribution in [0.2, 0.25) is 0 Å². The molecule has 0 fully saturated rings. The zero-order chi connectivity index (χ0) is 16.8. The van der Waals surface area contributed by atoms with Crippen LogP contribution in [-0.2, 0) is 9.59 Å². The highest BCUT2D eigenvalue weighted by Gasteiger charge is 2.12. The van der Waals surface area contributed by atoms with Crippen LogP contribution in [0.25, 0.3) is 0 Å². The van der Waals surface area contributed by atoms with Crippen molar-refractivity contribution in [3.63, 3.8) is 0 Å². The first-order valence-corrected chi connectivity index (χ1v) is 9.36. The number of carbonyl (C=O) groups excluding carboxylic acids is 2. The molecule has 0 saturated heterocycles. The molecule has 128 valence electrons. The lowest BCUT2D eigenvalue weighted by Crippen LogP contribution is -2.07.